The molecule has 5 nitrogen and oxygen atoms in total. The average Bonchev–Trinajstić information content (AvgIpc) is 2.76. The van der Waals surface area contributed by atoms with Crippen molar-refractivity contribution in [2.45, 2.75) is 13.8 Å². The molecule has 2 aromatic rings. The third-order valence-electron chi connectivity index (χ3n) is 2.07. The monoisotopic (exact) mass is 250 g/mol. The molecule has 0 bridgehead atoms. The zero-order chi connectivity index (χ0) is 12.3. The van der Waals surface area contributed by atoms with Crippen LogP contribution in [-0.4, -0.2) is 28.6 Å². The molecule has 0 saturated heterocycles. The Hall–Kier alpha value is -1.69. The number of aromatic nitrogens is 3. The normalized spacial score (nSPS) is 10.3. The van der Waals surface area contributed by atoms with Gasteiger partial charge in [0.25, 0.3) is 0 Å². The van der Waals surface area contributed by atoms with Gasteiger partial charge in [-0.1, -0.05) is 0 Å². The summed E-state index contributed by atoms with van der Waals surface area (Å²) in [7, 11) is 1.77. The van der Waals surface area contributed by atoms with Crippen molar-refractivity contribution in [2.24, 2.45) is 0 Å². The summed E-state index contributed by atoms with van der Waals surface area (Å²) >= 11 is 1.65. The van der Waals surface area contributed by atoms with E-state index in [1.807, 2.05) is 19.1 Å². The highest BCUT2D eigenvalue weighted by Crippen LogP contribution is 2.26. The van der Waals surface area contributed by atoms with Gasteiger partial charge in [-0.05, 0) is 26.0 Å². The Morgan fingerprint density at radius 1 is 1.29 bits per heavy atom. The van der Waals surface area contributed by atoms with Crippen LogP contribution in [0.3, 0.4) is 0 Å². The highest BCUT2D eigenvalue weighted by molar-refractivity contribution is 7.15. The fourth-order valence-electron chi connectivity index (χ4n) is 1.33. The first-order valence-corrected chi connectivity index (χ1v) is 6.18. The Morgan fingerprint density at radius 3 is 2.71 bits per heavy atom. The summed E-state index contributed by atoms with van der Waals surface area (Å²) in [5.41, 5.74) is 0. The Bertz CT molecular complexity index is 512. The molecule has 0 aliphatic heterocycles. The highest BCUT2D eigenvalue weighted by Gasteiger charge is 2.09. The number of nitrogens with zero attached hydrogens (tertiary/aromatic N) is 3. The SMILES string of the molecule is CCOc1nc(NC)nc(-c2ccc(C)s2)n1. The molecule has 1 N–H and O–H groups in total. The number of aryl methyl sites for hydroxylation is 1. The van der Waals surface area contributed by atoms with Gasteiger partial charge in [0.15, 0.2) is 5.82 Å². The topological polar surface area (TPSA) is 59.9 Å². The Labute approximate surface area is 104 Å². The van der Waals surface area contributed by atoms with Crippen LogP contribution in [0.15, 0.2) is 12.1 Å². The number of anilines is 1. The maximum Gasteiger partial charge on any atom is 0.321 e. The van der Waals surface area contributed by atoms with E-state index in [2.05, 4.69) is 27.2 Å². The molecule has 17 heavy (non-hydrogen) atoms. The smallest absolute Gasteiger partial charge is 0.321 e. The molecule has 0 fully saturated rings. The largest absolute Gasteiger partial charge is 0.464 e. The molecule has 90 valence electrons. The number of hydrogen-bond donors (Lipinski definition) is 1. The van der Waals surface area contributed by atoms with Crippen LogP contribution in [0.2, 0.25) is 0 Å². The molecule has 0 unspecified atom stereocenters. The van der Waals surface area contributed by atoms with Gasteiger partial charge in [0.05, 0.1) is 11.5 Å². The summed E-state index contributed by atoms with van der Waals surface area (Å²) in [5.74, 6) is 1.16. The molecular formula is C11H14N4OS. The van der Waals surface area contributed by atoms with Crippen molar-refractivity contribution < 1.29 is 4.74 Å². The number of ether oxygens (including phenoxy) is 1. The quantitative estimate of drug-likeness (QED) is 0.902. The average molecular weight is 250 g/mol. The van der Waals surface area contributed by atoms with Crippen LogP contribution in [0.4, 0.5) is 5.95 Å². The molecule has 6 heteroatoms. The second kappa shape index (κ2) is 5.09. The predicted molar refractivity (Wildman–Crippen MR) is 68.6 cm³/mol. The van der Waals surface area contributed by atoms with E-state index in [4.69, 9.17) is 4.74 Å². The number of nitrogens with one attached hydrogen (secondary N) is 1. The molecule has 0 spiro atoms. The lowest BCUT2D eigenvalue weighted by Crippen LogP contribution is -2.04. The summed E-state index contributed by atoms with van der Waals surface area (Å²) in [5, 5.41) is 2.91. The summed E-state index contributed by atoms with van der Waals surface area (Å²) in [6.07, 6.45) is 0. The zero-order valence-electron chi connectivity index (χ0n) is 10.0. The summed E-state index contributed by atoms with van der Waals surface area (Å²) < 4.78 is 5.32. The third kappa shape index (κ3) is 2.71. The maximum absolute atomic E-state index is 5.32. The van der Waals surface area contributed by atoms with Gasteiger partial charge in [0.1, 0.15) is 0 Å². The molecular weight excluding hydrogens is 236 g/mol. The molecule has 0 amide bonds. The van der Waals surface area contributed by atoms with E-state index in [-0.39, 0.29) is 0 Å². The van der Waals surface area contributed by atoms with Crippen molar-refractivity contribution in [3.8, 4) is 16.7 Å². The van der Waals surface area contributed by atoms with Gasteiger partial charge in [0.2, 0.25) is 5.95 Å². The number of rotatable bonds is 4. The second-order valence-corrected chi connectivity index (χ2v) is 4.65. The third-order valence-corrected chi connectivity index (χ3v) is 3.07. The Balaban J connectivity index is 2.42. The van der Waals surface area contributed by atoms with Crippen LogP contribution in [0.5, 0.6) is 6.01 Å². The van der Waals surface area contributed by atoms with Crippen LogP contribution < -0.4 is 10.1 Å². The fraction of sp³-hybridized carbons (Fsp3) is 0.364. The van der Waals surface area contributed by atoms with Gasteiger partial charge < -0.3 is 10.1 Å². The van der Waals surface area contributed by atoms with Gasteiger partial charge in [-0.15, -0.1) is 11.3 Å². The lowest BCUT2D eigenvalue weighted by molar-refractivity contribution is 0.312. The molecule has 2 heterocycles. The van der Waals surface area contributed by atoms with Crippen LogP contribution in [0.1, 0.15) is 11.8 Å². The summed E-state index contributed by atoms with van der Waals surface area (Å²) in [4.78, 5) is 15.0. The van der Waals surface area contributed by atoms with Crippen LogP contribution >= 0.6 is 11.3 Å². The van der Waals surface area contributed by atoms with Crippen molar-refractivity contribution in [3.05, 3.63) is 17.0 Å². The molecule has 0 atom stereocenters. The zero-order valence-corrected chi connectivity index (χ0v) is 10.8. The van der Waals surface area contributed by atoms with E-state index in [0.29, 0.717) is 24.4 Å². The van der Waals surface area contributed by atoms with E-state index in [0.717, 1.165) is 4.88 Å². The number of thiophene rings is 1. The lowest BCUT2D eigenvalue weighted by atomic mass is 10.4. The minimum atomic E-state index is 0.355. The molecule has 2 rings (SSSR count). The van der Waals surface area contributed by atoms with E-state index in [1.165, 1.54) is 4.88 Å². The molecule has 2 aromatic heterocycles. The van der Waals surface area contributed by atoms with Crippen molar-refractivity contribution in [3.63, 3.8) is 0 Å². The Morgan fingerprint density at radius 2 is 2.12 bits per heavy atom. The first kappa shape index (κ1) is 11.8. The predicted octanol–water partition coefficient (Wildman–Crippen LogP) is 2.35. The second-order valence-electron chi connectivity index (χ2n) is 3.36. The standard InChI is InChI=1S/C11H14N4OS/c1-4-16-11-14-9(13-10(12-3)15-11)8-6-5-7(2)17-8/h5-6H,4H2,1-3H3,(H,12,13,14,15). The van der Waals surface area contributed by atoms with Crippen molar-refractivity contribution in [1.29, 1.82) is 0 Å². The first-order valence-electron chi connectivity index (χ1n) is 5.36. The molecule has 0 aliphatic carbocycles. The van der Waals surface area contributed by atoms with Gasteiger partial charge >= 0.3 is 6.01 Å². The van der Waals surface area contributed by atoms with E-state index < -0.39 is 0 Å². The molecule has 0 aliphatic rings. The van der Waals surface area contributed by atoms with Crippen molar-refractivity contribution in [2.75, 3.05) is 19.0 Å². The van der Waals surface area contributed by atoms with E-state index in [9.17, 15) is 0 Å². The highest BCUT2D eigenvalue weighted by atomic mass is 32.1. The number of hydrogen-bond acceptors (Lipinski definition) is 6. The maximum atomic E-state index is 5.32. The minimum absolute atomic E-state index is 0.355. The minimum Gasteiger partial charge on any atom is -0.464 e. The van der Waals surface area contributed by atoms with E-state index in [1.54, 1.807) is 18.4 Å². The fourth-order valence-corrected chi connectivity index (χ4v) is 2.13. The summed E-state index contributed by atoms with van der Waals surface area (Å²) in [6.45, 7) is 4.49. The van der Waals surface area contributed by atoms with Crippen molar-refractivity contribution in [1.82, 2.24) is 15.0 Å². The van der Waals surface area contributed by atoms with Crippen LogP contribution in [0, 0.1) is 6.92 Å². The molecule has 0 aromatic carbocycles. The van der Waals surface area contributed by atoms with Crippen LogP contribution in [-0.2, 0) is 0 Å². The first-order chi connectivity index (χ1) is 8.22. The lowest BCUT2D eigenvalue weighted by Gasteiger charge is -2.05. The van der Waals surface area contributed by atoms with Gasteiger partial charge in [-0.25, -0.2) is 0 Å². The van der Waals surface area contributed by atoms with Gasteiger partial charge in [-0.3, -0.25) is 0 Å². The van der Waals surface area contributed by atoms with Crippen molar-refractivity contribution >= 4 is 17.3 Å². The van der Waals surface area contributed by atoms with Gasteiger partial charge in [0, 0.05) is 11.9 Å². The van der Waals surface area contributed by atoms with Crippen LogP contribution in [0.25, 0.3) is 10.7 Å². The van der Waals surface area contributed by atoms with E-state index >= 15 is 0 Å². The molecule has 0 radical (unpaired) electrons. The molecule has 0 saturated carbocycles. The van der Waals surface area contributed by atoms with Gasteiger partial charge in [-0.2, -0.15) is 15.0 Å². The summed E-state index contributed by atoms with van der Waals surface area (Å²) in [6, 6.07) is 4.40. The Kier molecular flexibility index (Phi) is 3.53.